The zero-order chi connectivity index (χ0) is 21.7. The van der Waals surface area contributed by atoms with Gasteiger partial charge in [-0.15, -0.1) is 0 Å². The van der Waals surface area contributed by atoms with Gasteiger partial charge in [0.25, 0.3) is 5.91 Å². The molecule has 1 amide bonds. The number of nitrogens with one attached hydrogen (secondary N) is 1. The Bertz CT molecular complexity index is 865. The number of hydrogen-bond acceptors (Lipinski definition) is 5. The van der Waals surface area contributed by atoms with E-state index in [0.717, 1.165) is 32.2 Å². The van der Waals surface area contributed by atoms with Gasteiger partial charge in [0, 0.05) is 45.3 Å². The van der Waals surface area contributed by atoms with Gasteiger partial charge in [-0.25, -0.2) is 4.98 Å². The van der Waals surface area contributed by atoms with Gasteiger partial charge in [-0.2, -0.15) is 0 Å². The summed E-state index contributed by atoms with van der Waals surface area (Å²) >= 11 is 0. The first-order valence-corrected chi connectivity index (χ1v) is 11.5. The quantitative estimate of drug-likeness (QED) is 0.744. The SMILES string of the molecule is CCNc1ncccc1C(=O)N1CCC2(CC1)C[C@@H](OCC)C[C@@H](c1ccccc1)O2. The van der Waals surface area contributed by atoms with Gasteiger partial charge >= 0.3 is 0 Å². The Morgan fingerprint density at radius 3 is 2.68 bits per heavy atom. The zero-order valence-electron chi connectivity index (χ0n) is 18.5. The summed E-state index contributed by atoms with van der Waals surface area (Å²) in [7, 11) is 0. The number of anilines is 1. The first-order chi connectivity index (χ1) is 15.1. The number of pyridine rings is 1. The lowest BCUT2D eigenvalue weighted by Gasteiger charge is -2.48. The standard InChI is InChI=1S/C25H33N3O3/c1-3-26-23-21(11-8-14-27-23)24(29)28-15-12-25(13-16-28)18-20(30-4-2)17-22(31-25)19-9-6-5-7-10-19/h5-11,14,20,22H,3-4,12-13,15-18H2,1-2H3,(H,26,27)/t20-,22-/m0/s1. The van der Waals surface area contributed by atoms with E-state index < -0.39 is 0 Å². The Morgan fingerprint density at radius 1 is 1.19 bits per heavy atom. The van der Waals surface area contributed by atoms with E-state index in [1.807, 2.05) is 30.0 Å². The predicted octanol–water partition coefficient (Wildman–Crippen LogP) is 4.45. The maximum absolute atomic E-state index is 13.2. The summed E-state index contributed by atoms with van der Waals surface area (Å²) in [4.78, 5) is 19.5. The number of ether oxygens (including phenoxy) is 2. The fraction of sp³-hybridized carbons (Fsp3) is 0.520. The van der Waals surface area contributed by atoms with Gasteiger partial charge < -0.3 is 19.7 Å². The van der Waals surface area contributed by atoms with Crippen LogP contribution in [-0.4, -0.2) is 53.7 Å². The highest BCUT2D eigenvalue weighted by Gasteiger charge is 2.45. The van der Waals surface area contributed by atoms with Crippen molar-refractivity contribution in [3.8, 4) is 0 Å². The molecule has 1 N–H and O–H groups in total. The number of rotatable bonds is 6. The van der Waals surface area contributed by atoms with Crippen LogP contribution in [0.15, 0.2) is 48.7 Å². The fourth-order valence-electron chi connectivity index (χ4n) is 4.87. The second-order valence-corrected chi connectivity index (χ2v) is 8.44. The first kappa shape index (κ1) is 21.8. The molecule has 0 bridgehead atoms. The summed E-state index contributed by atoms with van der Waals surface area (Å²) in [6.07, 6.45) is 5.35. The summed E-state index contributed by atoms with van der Waals surface area (Å²) in [5.74, 6) is 0.695. The van der Waals surface area contributed by atoms with Crippen molar-refractivity contribution >= 4 is 11.7 Å². The average Bonchev–Trinajstić information content (AvgIpc) is 2.80. The maximum atomic E-state index is 13.2. The minimum absolute atomic E-state index is 0.0347. The highest BCUT2D eigenvalue weighted by molar-refractivity contribution is 5.98. The van der Waals surface area contributed by atoms with E-state index in [4.69, 9.17) is 9.47 Å². The van der Waals surface area contributed by atoms with Gasteiger partial charge in [0.15, 0.2) is 0 Å². The Hall–Kier alpha value is -2.44. The van der Waals surface area contributed by atoms with Gasteiger partial charge in [0.05, 0.1) is 23.4 Å². The molecule has 0 radical (unpaired) electrons. The van der Waals surface area contributed by atoms with Crippen LogP contribution < -0.4 is 5.32 Å². The monoisotopic (exact) mass is 423 g/mol. The molecule has 2 aromatic rings. The van der Waals surface area contributed by atoms with Gasteiger partial charge in [0.1, 0.15) is 5.82 Å². The van der Waals surface area contributed by atoms with E-state index in [1.165, 1.54) is 5.56 Å². The van der Waals surface area contributed by atoms with Crippen molar-refractivity contribution in [3.05, 3.63) is 59.8 Å². The molecule has 4 rings (SSSR count). The number of carbonyl (C=O) groups excluding carboxylic acids is 1. The van der Waals surface area contributed by atoms with Gasteiger partial charge in [-0.3, -0.25) is 4.79 Å². The molecular weight excluding hydrogens is 390 g/mol. The Labute approximate surface area is 185 Å². The normalized spacial score (nSPS) is 23.0. The molecule has 6 nitrogen and oxygen atoms in total. The number of piperidine rings is 1. The Balaban J connectivity index is 1.47. The molecule has 2 aliphatic rings. The first-order valence-electron chi connectivity index (χ1n) is 11.5. The molecule has 1 aromatic carbocycles. The smallest absolute Gasteiger partial charge is 0.257 e. The maximum Gasteiger partial charge on any atom is 0.257 e. The van der Waals surface area contributed by atoms with Gasteiger partial charge in [-0.1, -0.05) is 30.3 Å². The minimum Gasteiger partial charge on any atom is -0.378 e. The van der Waals surface area contributed by atoms with Crippen molar-refractivity contribution in [1.82, 2.24) is 9.88 Å². The molecule has 2 saturated heterocycles. The van der Waals surface area contributed by atoms with Crippen LogP contribution in [0.2, 0.25) is 0 Å². The average molecular weight is 424 g/mol. The van der Waals surface area contributed by atoms with E-state index in [2.05, 4.69) is 41.5 Å². The van der Waals surface area contributed by atoms with Crippen LogP contribution in [0, 0.1) is 0 Å². The summed E-state index contributed by atoms with van der Waals surface area (Å²) in [6, 6.07) is 14.1. The second kappa shape index (κ2) is 9.79. The topological polar surface area (TPSA) is 63.7 Å². The van der Waals surface area contributed by atoms with Crippen molar-refractivity contribution in [2.45, 2.75) is 57.3 Å². The Morgan fingerprint density at radius 2 is 1.97 bits per heavy atom. The predicted molar refractivity (Wildman–Crippen MR) is 121 cm³/mol. The second-order valence-electron chi connectivity index (χ2n) is 8.44. The fourth-order valence-corrected chi connectivity index (χ4v) is 4.87. The summed E-state index contributed by atoms with van der Waals surface area (Å²) in [5, 5.41) is 3.20. The molecule has 6 heteroatoms. The lowest BCUT2D eigenvalue weighted by molar-refractivity contribution is -0.190. The lowest BCUT2D eigenvalue weighted by atomic mass is 9.80. The molecule has 3 heterocycles. The Kier molecular flexibility index (Phi) is 6.88. The van der Waals surface area contributed by atoms with E-state index in [-0.39, 0.29) is 23.7 Å². The van der Waals surface area contributed by atoms with E-state index in [0.29, 0.717) is 31.1 Å². The molecule has 0 unspecified atom stereocenters. The zero-order valence-corrected chi connectivity index (χ0v) is 18.5. The third kappa shape index (κ3) is 4.91. The van der Waals surface area contributed by atoms with Crippen LogP contribution in [0.1, 0.15) is 61.6 Å². The van der Waals surface area contributed by atoms with Crippen molar-refractivity contribution < 1.29 is 14.3 Å². The highest BCUT2D eigenvalue weighted by atomic mass is 16.5. The number of hydrogen-bond donors (Lipinski definition) is 1. The van der Waals surface area contributed by atoms with Crippen LogP contribution in [0.25, 0.3) is 0 Å². The summed E-state index contributed by atoms with van der Waals surface area (Å²) in [5.41, 5.74) is 1.60. The third-order valence-corrected chi connectivity index (χ3v) is 6.39. The van der Waals surface area contributed by atoms with Crippen molar-refractivity contribution in [2.24, 2.45) is 0 Å². The number of benzene rings is 1. The molecular formula is C25H33N3O3. The molecule has 1 spiro atoms. The largest absolute Gasteiger partial charge is 0.378 e. The van der Waals surface area contributed by atoms with Crippen LogP contribution in [-0.2, 0) is 9.47 Å². The minimum atomic E-state index is -0.241. The molecule has 2 aliphatic heterocycles. The van der Waals surface area contributed by atoms with Crippen molar-refractivity contribution in [2.75, 3.05) is 31.6 Å². The van der Waals surface area contributed by atoms with E-state index in [9.17, 15) is 4.79 Å². The van der Waals surface area contributed by atoms with E-state index >= 15 is 0 Å². The van der Waals surface area contributed by atoms with Crippen molar-refractivity contribution in [1.29, 1.82) is 0 Å². The van der Waals surface area contributed by atoms with Crippen LogP contribution in [0.3, 0.4) is 0 Å². The molecule has 31 heavy (non-hydrogen) atoms. The van der Waals surface area contributed by atoms with Gasteiger partial charge in [-0.05, 0) is 44.4 Å². The number of aromatic nitrogens is 1. The number of carbonyl (C=O) groups is 1. The summed E-state index contributed by atoms with van der Waals surface area (Å²) < 4.78 is 12.8. The molecule has 0 aliphatic carbocycles. The third-order valence-electron chi connectivity index (χ3n) is 6.39. The highest BCUT2D eigenvalue weighted by Crippen LogP contribution is 2.44. The molecule has 0 saturated carbocycles. The van der Waals surface area contributed by atoms with Crippen molar-refractivity contribution in [3.63, 3.8) is 0 Å². The number of nitrogens with zero attached hydrogens (tertiary/aromatic N) is 2. The van der Waals surface area contributed by atoms with E-state index in [1.54, 1.807) is 6.20 Å². The van der Waals surface area contributed by atoms with Crippen LogP contribution >= 0.6 is 0 Å². The van der Waals surface area contributed by atoms with Gasteiger partial charge in [0.2, 0.25) is 0 Å². The molecule has 1 aromatic heterocycles. The lowest BCUT2D eigenvalue weighted by Crippen LogP contribution is -2.52. The van der Waals surface area contributed by atoms with Crippen LogP contribution in [0.5, 0.6) is 0 Å². The molecule has 166 valence electrons. The summed E-state index contributed by atoms with van der Waals surface area (Å²) in [6.45, 7) is 6.86. The number of likely N-dealkylation sites (tertiary alicyclic amines) is 1. The van der Waals surface area contributed by atoms with Crippen LogP contribution in [0.4, 0.5) is 5.82 Å². The number of amides is 1. The molecule has 2 atom stereocenters. The molecule has 2 fully saturated rings.